The van der Waals surface area contributed by atoms with Crippen molar-refractivity contribution >= 4 is 29.2 Å². The number of carbonyl (C=O) groups excluding carboxylic acids is 1. The second-order valence-electron chi connectivity index (χ2n) is 4.42. The van der Waals surface area contributed by atoms with Crippen LogP contribution in [-0.4, -0.2) is 30.6 Å². The average Bonchev–Trinajstić information content (AvgIpc) is 2.43. The normalized spacial score (nSPS) is 11.8. The molecule has 0 aliphatic heterocycles. The van der Waals surface area contributed by atoms with Crippen molar-refractivity contribution in [2.24, 2.45) is 5.92 Å². The van der Waals surface area contributed by atoms with Crippen LogP contribution in [0.2, 0.25) is 5.02 Å². The first-order valence-electron chi connectivity index (χ1n) is 6.27. The molecule has 110 valence electrons. The molecule has 1 atom stereocenters. The number of hydrogen-bond acceptors (Lipinski definition) is 3. The molecule has 1 N–H and O–H groups in total. The lowest BCUT2D eigenvalue weighted by Gasteiger charge is -2.24. The van der Waals surface area contributed by atoms with Crippen LogP contribution >= 0.6 is 11.6 Å². The van der Waals surface area contributed by atoms with Crippen molar-refractivity contribution in [3.8, 4) is 5.75 Å². The van der Waals surface area contributed by atoms with E-state index in [1.165, 1.54) is 12.0 Å². The summed E-state index contributed by atoms with van der Waals surface area (Å²) in [7, 11) is 1.50. The van der Waals surface area contributed by atoms with Crippen LogP contribution in [0.15, 0.2) is 18.2 Å². The molecule has 1 aromatic carbocycles. The summed E-state index contributed by atoms with van der Waals surface area (Å²) in [5.41, 5.74) is 0.566. The number of aliphatic carboxylic acids is 1. The molecule has 20 heavy (non-hydrogen) atoms. The standard InChI is InChI=1S/C14H18ClNO4/c1-4-13(17)16(8-9(2)14(18)19)10-5-6-12(20-3)11(15)7-10/h5-7,9H,4,8H2,1-3H3,(H,18,19). The Balaban J connectivity index is 3.07. The van der Waals surface area contributed by atoms with E-state index in [9.17, 15) is 9.59 Å². The van der Waals surface area contributed by atoms with Crippen molar-refractivity contribution in [3.63, 3.8) is 0 Å². The van der Waals surface area contributed by atoms with E-state index in [0.717, 1.165) is 0 Å². The molecule has 0 saturated heterocycles. The highest BCUT2D eigenvalue weighted by molar-refractivity contribution is 6.32. The molecule has 1 aromatic rings. The fraction of sp³-hybridized carbons (Fsp3) is 0.429. The molecule has 5 nitrogen and oxygen atoms in total. The van der Waals surface area contributed by atoms with Gasteiger partial charge in [0.05, 0.1) is 18.1 Å². The van der Waals surface area contributed by atoms with Crippen LogP contribution in [0.5, 0.6) is 5.75 Å². The van der Waals surface area contributed by atoms with E-state index in [4.69, 9.17) is 21.4 Å². The summed E-state index contributed by atoms with van der Waals surface area (Å²) in [4.78, 5) is 24.4. The van der Waals surface area contributed by atoms with Gasteiger partial charge in [0.15, 0.2) is 0 Å². The molecule has 0 radical (unpaired) electrons. The number of nitrogens with zero attached hydrogens (tertiary/aromatic N) is 1. The van der Waals surface area contributed by atoms with Gasteiger partial charge in [0.25, 0.3) is 0 Å². The lowest BCUT2D eigenvalue weighted by Crippen LogP contribution is -2.36. The number of carbonyl (C=O) groups is 2. The van der Waals surface area contributed by atoms with Crippen molar-refractivity contribution in [1.29, 1.82) is 0 Å². The van der Waals surface area contributed by atoms with Gasteiger partial charge in [-0.15, -0.1) is 0 Å². The maximum atomic E-state index is 12.0. The van der Waals surface area contributed by atoms with Crippen molar-refractivity contribution in [1.82, 2.24) is 0 Å². The molecule has 1 unspecified atom stereocenters. The maximum Gasteiger partial charge on any atom is 0.308 e. The van der Waals surface area contributed by atoms with Crippen LogP contribution in [0, 0.1) is 5.92 Å². The Morgan fingerprint density at radius 3 is 2.55 bits per heavy atom. The molecule has 0 saturated carbocycles. The first kappa shape index (κ1) is 16.3. The minimum Gasteiger partial charge on any atom is -0.495 e. The largest absolute Gasteiger partial charge is 0.495 e. The fourth-order valence-corrected chi connectivity index (χ4v) is 1.97. The number of carboxylic acid groups (broad SMARTS) is 1. The van der Waals surface area contributed by atoms with Crippen molar-refractivity contribution in [2.75, 3.05) is 18.6 Å². The Bertz CT molecular complexity index is 504. The van der Waals surface area contributed by atoms with Gasteiger partial charge in [0, 0.05) is 18.7 Å². The molecule has 1 amide bonds. The lowest BCUT2D eigenvalue weighted by molar-refractivity contribution is -0.140. The van der Waals surface area contributed by atoms with Gasteiger partial charge in [0.2, 0.25) is 5.91 Å². The summed E-state index contributed by atoms with van der Waals surface area (Å²) >= 11 is 6.04. The third kappa shape index (κ3) is 3.87. The number of methoxy groups -OCH3 is 1. The number of hydrogen-bond donors (Lipinski definition) is 1. The number of benzene rings is 1. The molecular weight excluding hydrogens is 282 g/mol. The third-order valence-corrected chi connectivity index (χ3v) is 3.22. The van der Waals surface area contributed by atoms with Crippen LogP contribution in [0.4, 0.5) is 5.69 Å². The Kier molecular flexibility index (Phi) is 5.82. The number of halogens is 1. The van der Waals surface area contributed by atoms with Gasteiger partial charge in [-0.2, -0.15) is 0 Å². The zero-order chi connectivity index (χ0) is 15.3. The van der Waals surface area contributed by atoms with Crippen LogP contribution in [0.25, 0.3) is 0 Å². The van der Waals surface area contributed by atoms with E-state index in [-0.39, 0.29) is 18.9 Å². The van der Waals surface area contributed by atoms with Crippen LogP contribution in [0.1, 0.15) is 20.3 Å². The van der Waals surface area contributed by atoms with E-state index < -0.39 is 11.9 Å². The predicted octanol–water partition coefficient (Wildman–Crippen LogP) is 2.81. The second-order valence-corrected chi connectivity index (χ2v) is 4.82. The van der Waals surface area contributed by atoms with E-state index >= 15 is 0 Å². The zero-order valence-corrected chi connectivity index (χ0v) is 12.5. The zero-order valence-electron chi connectivity index (χ0n) is 11.7. The Morgan fingerprint density at radius 1 is 1.45 bits per heavy atom. The lowest BCUT2D eigenvalue weighted by atomic mass is 10.1. The molecule has 0 heterocycles. The van der Waals surface area contributed by atoms with Gasteiger partial charge in [-0.25, -0.2) is 0 Å². The molecule has 0 bridgehead atoms. The van der Waals surface area contributed by atoms with Crippen LogP contribution < -0.4 is 9.64 Å². The summed E-state index contributed by atoms with van der Waals surface area (Å²) in [5.74, 6) is -1.25. The molecule has 0 aromatic heterocycles. The average molecular weight is 300 g/mol. The summed E-state index contributed by atoms with van der Waals surface area (Å²) in [6.45, 7) is 3.39. The van der Waals surface area contributed by atoms with Gasteiger partial charge in [-0.3, -0.25) is 9.59 Å². The summed E-state index contributed by atoms with van der Waals surface area (Å²) in [6.07, 6.45) is 0.288. The van der Waals surface area contributed by atoms with Crippen molar-refractivity contribution < 1.29 is 19.4 Å². The van der Waals surface area contributed by atoms with E-state index in [0.29, 0.717) is 16.5 Å². The minimum atomic E-state index is -0.946. The minimum absolute atomic E-state index is 0.102. The molecule has 0 fully saturated rings. The predicted molar refractivity (Wildman–Crippen MR) is 77.4 cm³/mol. The van der Waals surface area contributed by atoms with Crippen molar-refractivity contribution in [3.05, 3.63) is 23.2 Å². The summed E-state index contributed by atoms with van der Waals surface area (Å²) in [5, 5.41) is 9.36. The number of carboxylic acids is 1. The third-order valence-electron chi connectivity index (χ3n) is 2.93. The van der Waals surface area contributed by atoms with Gasteiger partial charge < -0.3 is 14.7 Å². The smallest absolute Gasteiger partial charge is 0.308 e. The van der Waals surface area contributed by atoms with Gasteiger partial charge in [0.1, 0.15) is 5.75 Å². The Morgan fingerprint density at radius 2 is 2.10 bits per heavy atom. The first-order valence-corrected chi connectivity index (χ1v) is 6.65. The highest BCUT2D eigenvalue weighted by Crippen LogP contribution is 2.29. The molecule has 0 aliphatic carbocycles. The molecule has 1 rings (SSSR count). The van der Waals surface area contributed by atoms with E-state index in [1.54, 1.807) is 32.0 Å². The monoisotopic (exact) mass is 299 g/mol. The van der Waals surface area contributed by atoms with Gasteiger partial charge in [-0.1, -0.05) is 25.4 Å². The highest BCUT2D eigenvalue weighted by atomic mass is 35.5. The summed E-state index contributed by atoms with van der Waals surface area (Å²) in [6, 6.07) is 4.94. The summed E-state index contributed by atoms with van der Waals surface area (Å²) < 4.78 is 5.06. The van der Waals surface area contributed by atoms with E-state index in [2.05, 4.69) is 0 Å². The molecular formula is C14H18ClNO4. The number of rotatable bonds is 6. The Hall–Kier alpha value is -1.75. The SMILES string of the molecule is CCC(=O)N(CC(C)C(=O)O)c1ccc(OC)c(Cl)c1. The maximum absolute atomic E-state index is 12.0. The fourth-order valence-electron chi connectivity index (χ4n) is 1.72. The second kappa shape index (κ2) is 7.14. The highest BCUT2D eigenvalue weighted by Gasteiger charge is 2.21. The van der Waals surface area contributed by atoms with Crippen molar-refractivity contribution in [2.45, 2.75) is 20.3 Å². The van der Waals surface area contributed by atoms with E-state index in [1.807, 2.05) is 0 Å². The van der Waals surface area contributed by atoms with Crippen LogP contribution in [-0.2, 0) is 9.59 Å². The molecule has 6 heteroatoms. The Labute approximate surface area is 123 Å². The molecule has 0 spiro atoms. The number of anilines is 1. The van der Waals surface area contributed by atoms with Crippen LogP contribution in [0.3, 0.4) is 0 Å². The quantitative estimate of drug-likeness (QED) is 0.877. The first-order chi connectivity index (χ1) is 9.40. The van der Waals surface area contributed by atoms with Gasteiger partial charge >= 0.3 is 5.97 Å². The topological polar surface area (TPSA) is 66.8 Å². The van der Waals surface area contributed by atoms with Gasteiger partial charge in [-0.05, 0) is 18.2 Å². The molecule has 0 aliphatic rings. The number of amides is 1. The number of ether oxygens (including phenoxy) is 1.